The first-order valence-electron chi connectivity index (χ1n) is 7.27. The van der Waals surface area contributed by atoms with Gasteiger partial charge in [-0.1, -0.05) is 0 Å². The Hall–Kier alpha value is -2.54. The van der Waals surface area contributed by atoms with Crippen molar-refractivity contribution < 1.29 is 34.0 Å². The maximum absolute atomic E-state index is 12.5. The van der Waals surface area contributed by atoms with Crippen LogP contribution in [0.15, 0.2) is 11.5 Å². The SMILES string of the molecule is CC1Cc2c(O)c3c(c(O)c2C(C)O1)C(=O)C1=C(OCO1)C3=O. The van der Waals surface area contributed by atoms with Crippen LogP contribution in [0.2, 0.25) is 0 Å². The molecule has 7 heteroatoms. The van der Waals surface area contributed by atoms with E-state index in [2.05, 4.69) is 0 Å². The summed E-state index contributed by atoms with van der Waals surface area (Å²) in [5, 5.41) is 21.2. The fraction of sp³-hybridized carbons (Fsp3) is 0.375. The molecule has 0 saturated heterocycles. The molecule has 2 atom stereocenters. The van der Waals surface area contributed by atoms with Crippen molar-refractivity contribution in [2.45, 2.75) is 32.5 Å². The lowest BCUT2D eigenvalue weighted by molar-refractivity contribution is -0.00678. The van der Waals surface area contributed by atoms with Crippen molar-refractivity contribution in [3.05, 3.63) is 33.8 Å². The van der Waals surface area contributed by atoms with E-state index < -0.39 is 17.7 Å². The number of Topliss-reactive ketones (excluding diaryl/α,β-unsaturated/α-hetero) is 2. The van der Waals surface area contributed by atoms with Gasteiger partial charge in [-0.3, -0.25) is 9.59 Å². The third-order valence-electron chi connectivity index (χ3n) is 4.40. The predicted molar refractivity (Wildman–Crippen MR) is 75.2 cm³/mol. The molecule has 0 radical (unpaired) electrons. The van der Waals surface area contributed by atoms with Gasteiger partial charge in [-0.2, -0.15) is 0 Å². The molecule has 0 amide bonds. The molecule has 2 N–H and O–H groups in total. The Balaban J connectivity index is 2.04. The Bertz CT molecular complexity index is 805. The maximum Gasteiger partial charge on any atom is 0.236 e. The molecule has 1 aromatic carbocycles. The minimum Gasteiger partial charge on any atom is -0.507 e. The summed E-state index contributed by atoms with van der Waals surface area (Å²) in [5.41, 5.74) is 0.289. The molecule has 1 aliphatic carbocycles. The molecule has 0 fully saturated rings. The minimum absolute atomic E-state index is 0.184. The van der Waals surface area contributed by atoms with E-state index in [0.29, 0.717) is 17.5 Å². The van der Waals surface area contributed by atoms with E-state index in [1.807, 2.05) is 6.92 Å². The summed E-state index contributed by atoms with van der Waals surface area (Å²) in [5.74, 6) is -2.41. The van der Waals surface area contributed by atoms with Crippen LogP contribution in [0.3, 0.4) is 0 Å². The van der Waals surface area contributed by atoms with E-state index in [0.717, 1.165) is 0 Å². The molecule has 1 aromatic rings. The lowest BCUT2D eigenvalue weighted by Gasteiger charge is -2.31. The molecule has 120 valence electrons. The summed E-state index contributed by atoms with van der Waals surface area (Å²) >= 11 is 0. The highest BCUT2D eigenvalue weighted by atomic mass is 16.7. The zero-order valence-electron chi connectivity index (χ0n) is 12.5. The van der Waals surface area contributed by atoms with Gasteiger partial charge in [-0.15, -0.1) is 0 Å². The average molecular weight is 318 g/mol. The van der Waals surface area contributed by atoms with Crippen molar-refractivity contribution in [1.29, 1.82) is 0 Å². The topological polar surface area (TPSA) is 102 Å². The van der Waals surface area contributed by atoms with Gasteiger partial charge in [0.25, 0.3) is 0 Å². The zero-order chi connectivity index (χ0) is 16.5. The normalized spacial score (nSPS) is 25.5. The Morgan fingerprint density at radius 3 is 2.13 bits per heavy atom. The number of rotatable bonds is 0. The number of hydrogen-bond donors (Lipinski definition) is 2. The van der Waals surface area contributed by atoms with Crippen LogP contribution >= 0.6 is 0 Å². The van der Waals surface area contributed by atoms with Crippen LogP contribution in [-0.2, 0) is 20.6 Å². The molecule has 3 aliphatic rings. The number of fused-ring (bicyclic) bond motifs is 2. The van der Waals surface area contributed by atoms with Gasteiger partial charge >= 0.3 is 0 Å². The second kappa shape index (κ2) is 4.48. The van der Waals surface area contributed by atoms with E-state index in [1.54, 1.807) is 6.92 Å². The van der Waals surface area contributed by atoms with Gasteiger partial charge < -0.3 is 24.4 Å². The molecule has 2 aliphatic heterocycles. The largest absolute Gasteiger partial charge is 0.507 e. The summed E-state index contributed by atoms with van der Waals surface area (Å²) < 4.78 is 15.7. The molecule has 2 heterocycles. The highest BCUT2D eigenvalue weighted by molar-refractivity contribution is 6.28. The van der Waals surface area contributed by atoms with Gasteiger partial charge in [0.15, 0.2) is 0 Å². The lowest BCUT2D eigenvalue weighted by atomic mass is 9.82. The Morgan fingerprint density at radius 2 is 1.52 bits per heavy atom. The van der Waals surface area contributed by atoms with Crippen molar-refractivity contribution in [1.82, 2.24) is 0 Å². The van der Waals surface area contributed by atoms with Gasteiger partial charge in [0, 0.05) is 17.5 Å². The molecule has 0 saturated carbocycles. The second-order valence-electron chi connectivity index (χ2n) is 5.86. The van der Waals surface area contributed by atoms with E-state index in [9.17, 15) is 19.8 Å². The van der Waals surface area contributed by atoms with Gasteiger partial charge in [0.2, 0.25) is 29.9 Å². The number of phenolic OH excluding ortho intramolecular Hbond substituents is 2. The van der Waals surface area contributed by atoms with Crippen molar-refractivity contribution in [2.75, 3.05) is 6.79 Å². The zero-order valence-corrected chi connectivity index (χ0v) is 12.5. The number of benzene rings is 1. The number of ether oxygens (including phenoxy) is 3. The molecule has 7 nitrogen and oxygen atoms in total. The van der Waals surface area contributed by atoms with E-state index >= 15 is 0 Å². The average Bonchev–Trinajstić information content (AvgIpc) is 2.97. The van der Waals surface area contributed by atoms with Crippen molar-refractivity contribution in [2.24, 2.45) is 0 Å². The number of allylic oxidation sites excluding steroid dienone is 2. The highest BCUT2D eigenvalue weighted by Crippen LogP contribution is 2.48. The molecule has 2 unspecified atom stereocenters. The van der Waals surface area contributed by atoms with Gasteiger partial charge in [-0.25, -0.2) is 0 Å². The van der Waals surface area contributed by atoms with Crippen molar-refractivity contribution in [3.63, 3.8) is 0 Å². The summed E-state index contributed by atoms with van der Waals surface area (Å²) in [6.45, 7) is 3.31. The fourth-order valence-corrected chi connectivity index (χ4v) is 3.47. The molecule has 0 spiro atoms. The standard InChI is InChI=1S/C16H14O7/c1-5-3-7-8(6(2)23-5)12(18)10-9(11(7)17)13(19)15-16(14(10)20)22-4-21-15/h5-6,17-18H,3-4H2,1-2H3. The van der Waals surface area contributed by atoms with E-state index in [4.69, 9.17) is 14.2 Å². The van der Waals surface area contributed by atoms with Crippen LogP contribution in [0.5, 0.6) is 11.5 Å². The molecule has 23 heavy (non-hydrogen) atoms. The van der Waals surface area contributed by atoms with Crippen LogP contribution in [0.4, 0.5) is 0 Å². The number of hydrogen-bond acceptors (Lipinski definition) is 7. The first kappa shape index (κ1) is 14.1. The molecule has 0 bridgehead atoms. The smallest absolute Gasteiger partial charge is 0.236 e. The quantitative estimate of drug-likeness (QED) is 0.702. The number of aromatic hydroxyl groups is 2. The van der Waals surface area contributed by atoms with Crippen LogP contribution < -0.4 is 0 Å². The Morgan fingerprint density at radius 1 is 0.957 bits per heavy atom. The van der Waals surface area contributed by atoms with Gasteiger partial charge in [0.1, 0.15) is 11.5 Å². The molecular weight excluding hydrogens is 304 g/mol. The maximum atomic E-state index is 12.5. The van der Waals surface area contributed by atoms with E-state index in [-0.39, 0.29) is 47.0 Å². The van der Waals surface area contributed by atoms with Crippen molar-refractivity contribution >= 4 is 11.6 Å². The lowest BCUT2D eigenvalue weighted by Crippen LogP contribution is -2.27. The predicted octanol–water partition coefficient (Wildman–Crippen LogP) is 1.71. The third kappa shape index (κ3) is 1.68. The number of carbonyl (C=O) groups is 2. The fourth-order valence-electron chi connectivity index (χ4n) is 3.47. The summed E-state index contributed by atoms with van der Waals surface area (Å²) in [6, 6.07) is 0. The highest BCUT2D eigenvalue weighted by Gasteiger charge is 2.45. The molecule has 0 aromatic heterocycles. The van der Waals surface area contributed by atoms with Crippen LogP contribution in [0.25, 0.3) is 0 Å². The summed E-state index contributed by atoms with van der Waals surface area (Å²) in [6.07, 6.45) is -0.364. The van der Waals surface area contributed by atoms with Crippen LogP contribution in [0.1, 0.15) is 51.8 Å². The third-order valence-corrected chi connectivity index (χ3v) is 4.40. The first-order valence-corrected chi connectivity index (χ1v) is 7.27. The molecular formula is C16H14O7. The van der Waals surface area contributed by atoms with Gasteiger partial charge in [-0.05, 0) is 13.8 Å². The summed E-state index contributed by atoms with van der Waals surface area (Å²) in [7, 11) is 0. The monoisotopic (exact) mass is 318 g/mol. The number of ketones is 2. The first-order chi connectivity index (χ1) is 10.9. The van der Waals surface area contributed by atoms with Crippen LogP contribution in [0, 0.1) is 0 Å². The summed E-state index contributed by atoms with van der Waals surface area (Å²) in [4.78, 5) is 25.1. The Kier molecular flexibility index (Phi) is 2.74. The van der Waals surface area contributed by atoms with E-state index in [1.165, 1.54) is 0 Å². The van der Waals surface area contributed by atoms with Crippen molar-refractivity contribution in [3.8, 4) is 11.5 Å². The Labute approximate surface area is 131 Å². The molecule has 4 rings (SSSR count). The second-order valence-corrected chi connectivity index (χ2v) is 5.86. The number of phenols is 2. The van der Waals surface area contributed by atoms with Gasteiger partial charge in [0.05, 0.1) is 23.3 Å². The number of carbonyl (C=O) groups excluding carboxylic acids is 2. The van der Waals surface area contributed by atoms with Crippen LogP contribution in [-0.4, -0.2) is 34.7 Å². The minimum atomic E-state index is -0.673.